The van der Waals surface area contributed by atoms with Gasteiger partial charge < -0.3 is 9.13 Å². The van der Waals surface area contributed by atoms with Crippen molar-refractivity contribution in [2.24, 2.45) is 0 Å². The number of benzene rings is 11. The molecule has 14 rings (SSSR count). The molecule has 0 N–H and O–H groups in total. The Kier molecular flexibility index (Phi) is 6.32. The van der Waals surface area contributed by atoms with Crippen LogP contribution in [-0.2, 0) is 0 Å². The molecule has 0 saturated carbocycles. The molecular weight excluding hydrogens is 725 g/mol. The molecule has 0 saturated heterocycles. The highest BCUT2D eigenvalue weighted by Gasteiger charge is 2.22. The summed E-state index contributed by atoms with van der Waals surface area (Å²) >= 11 is 0. The highest BCUT2D eigenvalue weighted by Crippen LogP contribution is 2.49. The Morgan fingerprint density at radius 2 is 0.733 bits per heavy atom. The van der Waals surface area contributed by atoms with Crippen molar-refractivity contribution in [2.75, 3.05) is 0 Å². The Labute approximate surface area is 345 Å². The Morgan fingerprint density at radius 1 is 0.233 bits per heavy atom. The molecule has 60 heavy (non-hydrogen) atoms. The van der Waals surface area contributed by atoms with Gasteiger partial charge >= 0.3 is 0 Å². The lowest BCUT2D eigenvalue weighted by molar-refractivity contribution is 1.17. The molecule has 2 nitrogen and oxygen atoms in total. The van der Waals surface area contributed by atoms with Crippen molar-refractivity contribution in [2.45, 2.75) is 0 Å². The standard InChI is InChI=1S/C58H34N2/c1-3-12-37-32-56-50(29-35(37)10-1)51-30-36-11-2-4-13-38(36)33-57(51)60(56)45-24-25-55-52(34-45)48-17-7-8-19-54(48)59(55)44-23-22-39-26-40(20-21-41(39)28-44)43-27-42-14-9-18-49-46-15-5-6-16-47(46)53(31-43)58(42)49/h1-34H. The van der Waals surface area contributed by atoms with Crippen LogP contribution in [0.1, 0.15) is 0 Å². The number of nitrogens with zero attached hydrogens (tertiary/aromatic N) is 2. The van der Waals surface area contributed by atoms with E-state index >= 15 is 0 Å². The number of para-hydroxylation sites is 1. The summed E-state index contributed by atoms with van der Waals surface area (Å²) in [5.74, 6) is 0. The van der Waals surface area contributed by atoms with E-state index < -0.39 is 0 Å². The summed E-state index contributed by atoms with van der Waals surface area (Å²) in [6.45, 7) is 0. The highest BCUT2D eigenvalue weighted by molar-refractivity contribution is 6.18. The van der Waals surface area contributed by atoms with Gasteiger partial charge in [0.15, 0.2) is 0 Å². The summed E-state index contributed by atoms with van der Waals surface area (Å²) in [5.41, 5.74) is 15.0. The maximum atomic E-state index is 2.48. The van der Waals surface area contributed by atoms with Crippen LogP contribution in [0.5, 0.6) is 0 Å². The largest absolute Gasteiger partial charge is 0.309 e. The van der Waals surface area contributed by atoms with Gasteiger partial charge in [0.25, 0.3) is 0 Å². The van der Waals surface area contributed by atoms with Gasteiger partial charge in [-0.1, -0.05) is 127 Å². The molecule has 11 aromatic carbocycles. The van der Waals surface area contributed by atoms with E-state index in [0.29, 0.717) is 0 Å². The zero-order valence-electron chi connectivity index (χ0n) is 32.5. The maximum Gasteiger partial charge on any atom is 0.0547 e. The summed E-state index contributed by atoms with van der Waals surface area (Å²) in [7, 11) is 0. The van der Waals surface area contributed by atoms with Crippen LogP contribution < -0.4 is 0 Å². The minimum atomic E-state index is 1.16. The van der Waals surface area contributed by atoms with Gasteiger partial charge in [-0.25, -0.2) is 0 Å². The molecule has 2 aromatic heterocycles. The third kappa shape index (κ3) is 4.42. The van der Waals surface area contributed by atoms with Crippen LogP contribution in [0.25, 0.3) is 131 Å². The van der Waals surface area contributed by atoms with Crippen molar-refractivity contribution < 1.29 is 0 Å². The van der Waals surface area contributed by atoms with Crippen molar-refractivity contribution in [3.63, 3.8) is 0 Å². The minimum absolute atomic E-state index is 1.16. The van der Waals surface area contributed by atoms with Crippen molar-refractivity contribution in [1.29, 1.82) is 0 Å². The first kappa shape index (κ1) is 32.1. The van der Waals surface area contributed by atoms with Gasteiger partial charge in [-0.05, 0) is 155 Å². The van der Waals surface area contributed by atoms with Crippen LogP contribution >= 0.6 is 0 Å². The number of hydrogen-bond acceptors (Lipinski definition) is 0. The van der Waals surface area contributed by atoms with E-state index in [0.717, 1.165) is 11.4 Å². The third-order valence-electron chi connectivity index (χ3n) is 13.3. The lowest BCUT2D eigenvalue weighted by atomic mass is 9.95. The molecule has 13 aromatic rings. The number of fused-ring (bicyclic) bond motifs is 12. The zero-order chi connectivity index (χ0) is 39.1. The molecule has 2 heterocycles. The second-order valence-corrected chi connectivity index (χ2v) is 16.5. The lowest BCUT2D eigenvalue weighted by Crippen LogP contribution is -1.96. The zero-order valence-corrected chi connectivity index (χ0v) is 32.5. The SMILES string of the molecule is c1ccc2c(c1)-c1cccc3cc(-c4ccc5cc(-n6c7ccccc7c7cc(-n8c9cc%10ccccc%10cc9c9cc%10ccccc%10cc98)ccc76)ccc5c4)cc-2c13. The molecule has 0 fully saturated rings. The van der Waals surface area contributed by atoms with Crippen molar-refractivity contribution in [3.05, 3.63) is 206 Å². The quantitative estimate of drug-likeness (QED) is 0.170. The van der Waals surface area contributed by atoms with E-state index in [1.165, 1.54) is 120 Å². The summed E-state index contributed by atoms with van der Waals surface area (Å²) in [5, 5.41) is 15.2. The molecule has 0 spiro atoms. The fourth-order valence-electron chi connectivity index (χ4n) is 10.6. The van der Waals surface area contributed by atoms with Crippen molar-refractivity contribution in [3.8, 4) is 44.8 Å². The van der Waals surface area contributed by atoms with Gasteiger partial charge in [0, 0.05) is 32.9 Å². The normalized spacial score (nSPS) is 12.3. The average molecular weight is 759 g/mol. The van der Waals surface area contributed by atoms with Crippen molar-refractivity contribution in [1.82, 2.24) is 9.13 Å². The molecule has 0 atom stereocenters. The number of aromatic nitrogens is 2. The molecule has 0 amide bonds. The smallest absolute Gasteiger partial charge is 0.0547 e. The molecule has 1 aliphatic carbocycles. The molecule has 2 heteroatoms. The van der Waals surface area contributed by atoms with Crippen LogP contribution in [-0.4, -0.2) is 9.13 Å². The Balaban J connectivity index is 0.925. The Hall–Kier alpha value is -7.94. The van der Waals surface area contributed by atoms with E-state index in [-0.39, 0.29) is 0 Å². The minimum Gasteiger partial charge on any atom is -0.309 e. The topological polar surface area (TPSA) is 9.86 Å². The fraction of sp³-hybridized carbons (Fsp3) is 0. The van der Waals surface area contributed by atoms with Crippen LogP contribution in [0.4, 0.5) is 0 Å². The van der Waals surface area contributed by atoms with Crippen LogP contribution in [0, 0.1) is 0 Å². The predicted molar refractivity (Wildman–Crippen MR) is 255 cm³/mol. The maximum absolute atomic E-state index is 2.48. The van der Waals surface area contributed by atoms with Crippen molar-refractivity contribution >= 4 is 86.7 Å². The first-order valence-electron chi connectivity index (χ1n) is 20.8. The second kappa shape index (κ2) is 11.8. The molecule has 276 valence electrons. The van der Waals surface area contributed by atoms with Gasteiger partial charge in [-0.3, -0.25) is 0 Å². The molecule has 0 radical (unpaired) electrons. The Bertz CT molecular complexity index is 3920. The first-order chi connectivity index (χ1) is 29.7. The van der Waals surface area contributed by atoms with E-state index in [4.69, 9.17) is 0 Å². The molecule has 1 aliphatic rings. The number of rotatable bonds is 3. The van der Waals surface area contributed by atoms with Crippen LogP contribution in [0.3, 0.4) is 0 Å². The van der Waals surface area contributed by atoms with E-state index in [1.54, 1.807) is 0 Å². The molecule has 0 bridgehead atoms. The summed E-state index contributed by atoms with van der Waals surface area (Å²) in [4.78, 5) is 0. The van der Waals surface area contributed by atoms with Gasteiger partial charge in [0.05, 0.1) is 22.1 Å². The van der Waals surface area contributed by atoms with Gasteiger partial charge in [-0.15, -0.1) is 0 Å². The van der Waals surface area contributed by atoms with Gasteiger partial charge in [-0.2, -0.15) is 0 Å². The van der Waals surface area contributed by atoms with E-state index in [2.05, 4.69) is 215 Å². The summed E-state index contributed by atoms with van der Waals surface area (Å²) < 4.78 is 4.91. The summed E-state index contributed by atoms with van der Waals surface area (Å²) in [6, 6.07) is 77.0. The highest BCUT2D eigenvalue weighted by atomic mass is 15.0. The molecule has 0 aliphatic heterocycles. The van der Waals surface area contributed by atoms with Crippen LogP contribution in [0.15, 0.2) is 206 Å². The third-order valence-corrected chi connectivity index (χ3v) is 13.3. The first-order valence-corrected chi connectivity index (χ1v) is 20.8. The molecular formula is C58H34N2. The van der Waals surface area contributed by atoms with Gasteiger partial charge in [0.2, 0.25) is 0 Å². The van der Waals surface area contributed by atoms with Gasteiger partial charge in [0.1, 0.15) is 0 Å². The fourth-order valence-corrected chi connectivity index (χ4v) is 10.6. The monoisotopic (exact) mass is 758 g/mol. The van der Waals surface area contributed by atoms with E-state index in [1.807, 2.05) is 0 Å². The predicted octanol–water partition coefficient (Wildman–Crippen LogP) is 15.8. The van der Waals surface area contributed by atoms with Crippen LogP contribution in [0.2, 0.25) is 0 Å². The van der Waals surface area contributed by atoms with E-state index in [9.17, 15) is 0 Å². The Morgan fingerprint density at radius 3 is 1.50 bits per heavy atom. The summed E-state index contributed by atoms with van der Waals surface area (Å²) in [6.07, 6.45) is 0. The average Bonchev–Trinajstić information content (AvgIpc) is 3.92. The second-order valence-electron chi connectivity index (χ2n) is 16.5. The molecule has 0 unspecified atom stereocenters. The number of hydrogen-bond donors (Lipinski definition) is 0. The lowest BCUT2D eigenvalue weighted by Gasteiger charge is -2.12.